The smallest absolute Gasteiger partial charge is 0.242 e. The highest BCUT2D eigenvalue weighted by Crippen LogP contribution is 2.17. The second-order valence-corrected chi connectivity index (χ2v) is 4.62. The molecule has 0 saturated carbocycles. The van der Waals surface area contributed by atoms with Crippen LogP contribution in [0.25, 0.3) is 0 Å². The van der Waals surface area contributed by atoms with Crippen molar-refractivity contribution in [3.8, 4) is 0 Å². The maximum absolute atomic E-state index is 13.5. The molecule has 3 nitrogen and oxygen atoms in total. The number of amides is 1. The van der Waals surface area contributed by atoms with Crippen LogP contribution in [-0.4, -0.2) is 23.4 Å². The highest BCUT2D eigenvalue weighted by molar-refractivity contribution is 5.85. The first-order valence-corrected chi connectivity index (χ1v) is 6.22. The van der Waals surface area contributed by atoms with E-state index in [1.165, 1.54) is 11.0 Å². The summed E-state index contributed by atoms with van der Waals surface area (Å²) in [6, 6.07) is 6.45. The Morgan fingerprint density at radius 1 is 1.33 bits per heavy atom. The van der Waals surface area contributed by atoms with E-state index in [9.17, 15) is 9.18 Å². The van der Waals surface area contributed by atoms with Gasteiger partial charge in [-0.3, -0.25) is 4.79 Å². The van der Waals surface area contributed by atoms with Gasteiger partial charge in [0.1, 0.15) is 5.82 Å². The lowest BCUT2D eigenvalue weighted by Gasteiger charge is -2.30. The maximum atomic E-state index is 13.5. The Hall–Kier alpha value is -1.42. The highest BCUT2D eigenvalue weighted by Gasteiger charge is 2.32. The predicted octanol–water partition coefficient (Wildman–Crippen LogP) is 2.30. The van der Waals surface area contributed by atoms with Gasteiger partial charge in [-0.05, 0) is 18.9 Å². The molecule has 0 radical (unpaired) electrons. The number of benzene rings is 1. The molecule has 0 aliphatic heterocycles. The lowest BCUT2D eigenvalue weighted by Crippen LogP contribution is -2.53. The number of rotatable bonds is 5. The van der Waals surface area contributed by atoms with Gasteiger partial charge < -0.3 is 10.6 Å². The van der Waals surface area contributed by atoms with Crippen LogP contribution in [0.5, 0.6) is 0 Å². The summed E-state index contributed by atoms with van der Waals surface area (Å²) in [4.78, 5) is 13.7. The van der Waals surface area contributed by atoms with Gasteiger partial charge >= 0.3 is 0 Å². The molecule has 0 saturated heterocycles. The molecule has 0 aliphatic rings. The zero-order valence-corrected chi connectivity index (χ0v) is 11.2. The van der Waals surface area contributed by atoms with E-state index in [1.54, 1.807) is 25.2 Å². The average molecular weight is 252 g/mol. The summed E-state index contributed by atoms with van der Waals surface area (Å²) in [5.41, 5.74) is 5.70. The second-order valence-electron chi connectivity index (χ2n) is 4.62. The summed E-state index contributed by atoms with van der Waals surface area (Å²) in [6.07, 6.45) is 1.15. The van der Waals surface area contributed by atoms with Crippen LogP contribution in [-0.2, 0) is 11.3 Å². The molecule has 0 heterocycles. The van der Waals surface area contributed by atoms with Crippen LogP contribution in [0.2, 0.25) is 0 Å². The van der Waals surface area contributed by atoms with Crippen LogP contribution < -0.4 is 5.73 Å². The number of carbonyl (C=O) groups is 1. The van der Waals surface area contributed by atoms with E-state index in [2.05, 4.69) is 0 Å². The van der Waals surface area contributed by atoms with Gasteiger partial charge in [-0.2, -0.15) is 0 Å². The fraction of sp³-hybridized carbons (Fsp3) is 0.500. The van der Waals surface area contributed by atoms with E-state index in [4.69, 9.17) is 5.73 Å². The Labute approximate surface area is 108 Å². The average Bonchev–Trinajstić information content (AvgIpc) is 2.39. The maximum Gasteiger partial charge on any atom is 0.242 e. The summed E-state index contributed by atoms with van der Waals surface area (Å²) < 4.78 is 13.5. The molecular formula is C14H21FN2O. The van der Waals surface area contributed by atoms with Gasteiger partial charge in [0.2, 0.25) is 5.91 Å². The predicted molar refractivity (Wildman–Crippen MR) is 70.4 cm³/mol. The molecule has 0 fully saturated rings. The molecular weight excluding hydrogens is 231 g/mol. The number of halogens is 1. The zero-order valence-electron chi connectivity index (χ0n) is 11.2. The second kappa shape index (κ2) is 5.96. The van der Waals surface area contributed by atoms with E-state index in [0.29, 0.717) is 18.4 Å². The van der Waals surface area contributed by atoms with E-state index >= 15 is 0 Å². The molecule has 100 valence electrons. The van der Waals surface area contributed by atoms with Crippen molar-refractivity contribution in [1.82, 2.24) is 4.90 Å². The van der Waals surface area contributed by atoms with Gasteiger partial charge in [0, 0.05) is 19.2 Å². The Bertz CT molecular complexity index is 416. The van der Waals surface area contributed by atoms with E-state index in [1.807, 2.05) is 13.8 Å². The summed E-state index contributed by atoms with van der Waals surface area (Å²) in [6.45, 7) is 4.02. The molecule has 0 aromatic heterocycles. The van der Waals surface area contributed by atoms with Crippen molar-refractivity contribution in [2.24, 2.45) is 5.73 Å². The first kappa shape index (κ1) is 14.6. The lowest BCUT2D eigenvalue weighted by atomic mass is 9.92. The van der Waals surface area contributed by atoms with Crippen LogP contribution in [0.15, 0.2) is 24.3 Å². The molecule has 0 atom stereocenters. The molecule has 18 heavy (non-hydrogen) atoms. The third-order valence-electron chi connectivity index (χ3n) is 3.40. The van der Waals surface area contributed by atoms with Crippen molar-refractivity contribution in [2.45, 2.75) is 38.8 Å². The standard InChI is InChI=1S/C14H21FN2O/c1-4-14(16,5-2)13(18)17(3)10-11-8-6-7-9-12(11)15/h6-9H,4-5,10,16H2,1-3H3. The quantitative estimate of drug-likeness (QED) is 0.874. The molecule has 1 aromatic carbocycles. The molecule has 0 aliphatic carbocycles. The molecule has 1 rings (SSSR count). The van der Waals surface area contributed by atoms with Gasteiger partial charge in [-0.1, -0.05) is 32.0 Å². The van der Waals surface area contributed by atoms with Crippen molar-refractivity contribution < 1.29 is 9.18 Å². The first-order chi connectivity index (χ1) is 8.44. The minimum Gasteiger partial charge on any atom is -0.340 e. The molecule has 1 aromatic rings. The number of likely N-dealkylation sites (N-methyl/N-ethyl adjacent to an activating group) is 1. The fourth-order valence-electron chi connectivity index (χ4n) is 1.89. The van der Waals surface area contributed by atoms with E-state index in [0.717, 1.165) is 0 Å². The SMILES string of the molecule is CCC(N)(CC)C(=O)N(C)Cc1ccccc1F. The number of hydrogen-bond acceptors (Lipinski definition) is 2. The van der Waals surface area contributed by atoms with E-state index < -0.39 is 5.54 Å². The van der Waals surface area contributed by atoms with Crippen molar-refractivity contribution in [3.63, 3.8) is 0 Å². The van der Waals surface area contributed by atoms with Crippen molar-refractivity contribution in [2.75, 3.05) is 7.05 Å². The van der Waals surface area contributed by atoms with Crippen molar-refractivity contribution in [1.29, 1.82) is 0 Å². The number of nitrogens with two attached hydrogens (primary N) is 1. The summed E-state index contributed by atoms with van der Waals surface area (Å²) >= 11 is 0. The van der Waals surface area contributed by atoms with Crippen LogP contribution in [0.1, 0.15) is 32.3 Å². The Morgan fingerprint density at radius 3 is 2.39 bits per heavy atom. The minimum atomic E-state index is -0.847. The fourth-order valence-corrected chi connectivity index (χ4v) is 1.89. The third kappa shape index (κ3) is 3.07. The van der Waals surface area contributed by atoms with Gasteiger partial charge in [0.25, 0.3) is 0 Å². The molecule has 0 unspecified atom stereocenters. The summed E-state index contributed by atoms with van der Waals surface area (Å²) in [5, 5.41) is 0. The number of hydrogen-bond donors (Lipinski definition) is 1. The molecule has 1 amide bonds. The van der Waals surface area contributed by atoms with Crippen LogP contribution in [0, 0.1) is 5.82 Å². The zero-order chi connectivity index (χ0) is 13.8. The monoisotopic (exact) mass is 252 g/mol. The minimum absolute atomic E-state index is 0.143. The topological polar surface area (TPSA) is 46.3 Å². The van der Waals surface area contributed by atoms with E-state index in [-0.39, 0.29) is 18.3 Å². The molecule has 0 bridgehead atoms. The van der Waals surface area contributed by atoms with Crippen LogP contribution >= 0.6 is 0 Å². The Balaban J connectivity index is 2.80. The van der Waals surface area contributed by atoms with Crippen LogP contribution in [0.4, 0.5) is 4.39 Å². The summed E-state index contributed by atoms with van der Waals surface area (Å²) in [7, 11) is 1.65. The largest absolute Gasteiger partial charge is 0.340 e. The molecule has 2 N–H and O–H groups in total. The Kier molecular flexibility index (Phi) is 4.84. The van der Waals surface area contributed by atoms with Gasteiger partial charge in [0.15, 0.2) is 0 Å². The number of carbonyl (C=O) groups excluding carboxylic acids is 1. The first-order valence-electron chi connectivity index (χ1n) is 6.22. The lowest BCUT2D eigenvalue weighted by molar-refractivity contribution is -0.136. The van der Waals surface area contributed by atoms with Crippen LogP contribution in [0.3, 0.4) is 0 Å². The van der Waals surface area contributed by atoms with Gasteiger partial charge in [-0.15, -0.1) is 0 Å². The summed E-state index contributed by atoms with van der Waals surface area (Å²) in [5.74, 6) is -0.441. The normalized spacial score (nSPS) is 11.4. The third-order valence-corrected chi connectivity index (χ3v) is 3.40. The molecule has 4 heteroatoms. The van der Waals surface area contributed by atoms with Gasteiger partial charge in [-0.25, -0.2) is 4.39 Å². The van der Waals surface area contributed by atoms with Crippen molar-refractivity contribution in [3.05, 3.63) is 35.6 Å². The molecule has 0 spiro atoms. The van der Waals surface area contributed by atoms with Crippen molar-refractivity contribution >= 4 is 5.91 Å². The highest BCUT2D eigenvalue weighted by atomic mass is 19.1. The number of nitrogens with zero attached hydrogens (tertiary/aromatic N) is 1. The van der Waals surface area contributed by atoms with Gasteiger partial charge in [0.05, 0.1) is 5.54 Å². The Morgan fingerprint density at radius 2 is 1.89 bits per heavy atom.